The molecule has 164 valence electrons. The molecule has 0 bridgehead atoms. The molecule has 0 aliphatic carbocycles. The maximum atomic E-state index is 5.24. The Morgan fingerprint density at radius 2 is 1.15 bits per heavy atom. The molecule has 0 fully saturated rings. The van der Waals surface area contributed by atoms with E-state index in [0.717, 1.165) is 45.4 Å². The zero-order chi connectivity index (χ0) is 23.1. The number of para-hydroxylation sites is 2. The molecule has 0 atom stereocenters. The molecule has 5 aromatic rings. The number of aromatic nitrogens is 2. The van der Waals surface area contributed by atoms with Crippen LogP contribution < -0.4 is 4.90 Å². The lowest BCUT2D eigenvalue weighted by atomic mass is 9.73. The molecule has 0 N–H and O–H groups in total. The second kappa shape index (κ2) is 7.96. The zero-order valence-electron chi connectivity index (χ0n) is 19.3. The van der Waals surface area contributed by atoms with E-state index in [9.17, 15) is 0 Å². The van der Waals surface area contributed by atoms with E-state index in [1.165, 1.54) is 5.56 Å². The second-order valence-electron chi connectivity index (χ2n) is 9.14. The molecule has 1 aliphatic heterocycles. The molecule has 0 unspecified atom stereocenters. The molecule has 3 nitrogen and oxygen atoms in total. The van der Waals surface area contributed by atoms with Gasteiger partial charge in [-0.25, -0.2) is 9.97 Å². The molecular formula is C31H25N3. The first-order valence-electron chi connectivity index (χ1n) is 11.6. The van der Waals surface area contributed by atoms with E-state index in [4.69, 9.17) is 9.97 Å². The molecule has 0 radical (unpaired) electrons. The van der Waals surface area contributed by atoms with E-state index < -0.39 is 0 Å². The molecule has 3 heteroatoms. The Morgan fingerprint density at radius 3 is 1.82 bits per heavy atom. The lowest BCUT2D eigenvalue weighted by Crippen LogP contribution is -2.32. The molecule has 1 aromatic heterocycles. The van der Waals surface area contributed by atoms with Crippen molar-refractivity contribution in [2.75, 3.05) is 4.90 Å². The Hall–Kier alpha value is -4.24. The van der Waals surface area contributed by atoms with Crippen molar-refractivity contribution in [3.63, 3.8) is 0 Å². The molecule has 4 aromatic carbocycles. The third kappa shape index (κ3) is 3.20. The van der Waals surface area contributed by atoms with Gasteiger partial charge < -0.3 is 0 Å². The highest BCUT2D eigenvalue weighted by atomic mass is 15.2. The first-order valence-corrected chi connectivity index (χ1v) is 11.6. The van der Waals surface area contributed by atoms with Gasteiger partial charge in [-0.15, -0.1) is 0 Å². The van der Waals surface area contributed by atoms with Gasteiger partial charge in [0.15, 0.2) is 5.82 Å². The topological polar surface area (TPSA) is 29.0 Å². The van der Waals surface area contributed by atoms with Crippen molar-refractivity contribution in [3.8, 4) is 22.6 Å². The SMILES string of the molecule is CC1(C)c2ccccc2N(c2ccccc2)c2nc(-c3ccccc3)nc(-c3ccccc3)c21. The minimum atomic E-state index is -0.280. The quantitative estimate of drug-likeness (QED) is 0.286. The van der Waals surface area contributed by atoms with Gasteiger partial charge in [0, 0.05) is 27.8 Å². The largest absolute Gasteiger partial charge is 0.294 e. The first-order chi connectivity index (χ1) is 16.6. The molecule has 0 amide bonds. The van der Waals surface area contributed by atoms with Crippen molar-refractivity contribution in [2.45, 2.75) is 19.3 Å². The normalized spacial score (nSPS) is 13.8. The van der Waals surface area contributed by atoms with Crippen molar-refractivity contribution >= 4 is 17.2 Å². The van der Waals surface area contributed by atoms with Crippen LogP contribution in [0.3, 0.4) is 0 Å². The van der Waals surface area contributed by atoms with Gasteiger partial charge in [-0.05, 0) is 23.8 Å². The first kappa shape index (κ1) is 20.4. The van der Waals surface area contributed by atoms with E-state index in [-0.39, 0.29) is 5.41 Å². The monoisotopic (exact) mass is 439 g/mol. The van der Waals surface area contributed by atoms with Gasteiger partial charge in [0.1, 0.15) is 5.82 Å². The molecule has 34 heavy (non-hydrogen) atoms. The lowest BCUT2D eigenvalue weighted by Gasteiger charge is -2.42. The van der Waals surface area contributed by atoms with Gasteiger partial charge in [0.2, 0.25) is 0 Å². The van der Waals surface area contributed by atoms with E-state index in [2.05, 4.69) is 110 Å². The third-order valence-electron chi connectivity index (χ3n) is 6.64. The molecule has 6 rings (SSSR count). The number of hydrogen-bond donors (Lipinski definition) is 0. The minimum Gasteiger partial charge on any atom is -0.294 e. The van der Waals surface area contributed by atoms with Gasteiger partial charge in [0.25, 0.3) is 0 Å². The number of benzene rings is 4. The van der Waals surface area contributed by atoms with Gasteiger partial charge >= 0.3 is 0 Å². The number of nitrogens with zero attached hydrogens (tertiary/aromatic N) is 3. The minimum absolute atomic E-state index is 0.280. The van der Waals surface area contributed by atoms with Crippen molar-refractivity contribution in [2.24, 2.45) is 0 Å². The summed E-state index contributed by atoms with van der Waals surface area (Å²) in [5, 5.41) is 0. The van der Waals surface area contributed by atoms with Crippen LogP contribution in [0.15, 0.2) is 115 Å². The van der Waals surface area contributed by atoms with Crippen LogP contribution in [0.1, 0.15) is 25.0 Å². The summed E-state index contributed by atoms with van der Waals surface area (Å²) in [5.41, 5.74) is 7.44. The zero-order valence-corrected chi connectivity index (χ0v) is 19.3. The average molecular weight is 440 g/mol. The van der Waals surface area contributed by atoms with Crippen LogP contribution in [0.4, 0.5) is 17.2 Å². The predicted molar refractivity (Wildman–Crippen MR) is 140 cm³/mol. The van der Waals surface area contributed by atoms with Crippen LogP contribution in [0, 0.1) is 0 Å². The van der Waals surface area contributed by atoms with E-state index in [0.29, 0.717) is 0 Å². The average Bonchev–Trinajstić information content (AvgIpc) is 2.90. The molecule has 0 saturated heterocycles. The van der Waals surface area contributed by atoms with Gasteiger partial charge in [-0.3, -0.25) is 4.90 Å². The van der Waals surface area contributed by atoms with Crippen LogP contribution in [0.2, 0.25) is 0 Å². The fourth-order valence-corrected chi connectivity index (χ4v) is 4.99. The van der Waals surface area contributed by atoms with Crippen LogP contribution in [-0.2, 0) is 5.41 Å². The van der Waals surface area contributed by atoms with E-state index in [1.54, 1.807) is 0 Å². The highest BCUT2D eigenvalue weighted by Crippen LogP contribution is 2.53. The van der Waals surface area contributed by atoms with E-state index in [1.807, 2.05) is 24.3 Å². The molecule has 2 heterocycles. The summed E-state index contributed by atoms with van der Waals surface area (Å²) in [6.45, 7) is 4.57. The van der Waals surface area contributed by atoms with Gasteiger partial charge in [-0.2, -0.15) is 0 Å². The molecular weight excluding hydrogens is 414 g/mol. The summed E-state index contributed by atoms with van der Waals surface area (Å²) in [6, 6.07) is 39.9. The van der Waals surface area contributed by atoms with E-state index >= 15 is 0 Å². The standard InChI is InChI=1S/C31H25N3/c1-31(2)25-20-12-13-21-26(25)34(24-18-10-5-11-19-24)30-27(31)28(22-14-6-3-7-15-22)32-29(33-30)23-16-8-4-9-17-23/h3-21H,1-2H3. The van der Waals surface area contributed by atoms with Crippen molar-refractivity contribution in [1.82, 2.24) is 9.97 Å². The number of rotatable bonds is 3. The van der Waals surface area contributed by atoms with Crippen molar-refractivity contribution in [1.29, 1.82) is 0 Å². The summed E-state index contributed by atoms with van der Waals surface area (Å²) in [5.74, 6) is 1.66. The fraction of sp³-hybridized carbons (Fsp3) is 0.0968. The Labute approximate surface area is 200 Å². The van der Waals surface area contributed by atoms with Gasteiger partial charge in [-0.1, -0.05) is 111 Å². The summed E-state index contributed by atoms with van der Waals surface area (Å²) < 4.78 is 0. The smallest absolute Gasteiger partial charge is 0.162 e. The Morgan fingerprint density at radius 1 is 0.588 bits per heavy atom. The third-order valence-corrected chi connectivity index (χ3v) is 6.64. The summed E-state index contributed by atoms with van der Waals surface area (Å²) in [7, 11) is 0. The highest BCUT2D eigenvalue weighted by molar-refractivity contribution is 5.88. The van der Waals surface area contributed by atoms with Crippen LogP contribution in [0.5, 0.6) is 0 Å². The summed E-state index contributed by atoms with van der Waals surface area (Å²) in [6.07, 6.45) is 0. The van der Waals surface area contributed by atoms with Crippen molar-refractivity contribution < 1.29 is 0 Å². The molecule has 0 spiro atoms. The number of hydrogen-bond acceptors (Lipinski definition) is 3. The van der Waals surface area contributed by atoms with Crippen molar-refractivity contribution in [3.05, 3.63) is 126 Å². The Balaban J connectivity index is 1.74. The summed E-state index contributed by atoms with van der Waals surface area (Å²) >= 11 is 0. The van der Waals surface area contributed by atoms with Crippen LogP contribution >= 0.6 is 0 Å². The maximum absolute atomic E-state index is 5.24. The Kier molecular flexibility index (Phi) is 4.77. The molecule has 1 aliphatic rings. The summed E-state index contributed by atoms with van der Waals surface area (Å²) in [4.78, 5) is 12.7. The number of anilines is 3. The molecule has 0 saturated carbocycles. The van der Waals surface area contributed by atoms with Crippen LogP contribution in [-0.4, -0.2) is 9.97 Å². The maximum Gasteiger partial charge on any atom is 0.162 e. The number of fused-ring (bicyclic) bond motifs is 2. The predicted octanol–water partition coefficient (Wildman–Crippen LogP) is 7.92. The Bertz CT molecular complexity index is 1460. The second-order valence-corrected chi connectivity index (χ2v) is 9.14. The lowest BCUT2D eigenvalue weighted by molar-refractivity contribution is 0.626. The van der Waals surface area contributed by atoms with Crippen LogP contribution in [0.25, 0.3) is 22.6 Å². The fourth-order valence-electron chi connectivity index (χ4n) is 4.99. The highest BCUT2D eigenvalue weighted by Gasteiger charge is 2.41. The van der Waals surface area contributed by atoms with Gasteiger partial charge in [0.05, 0.1) is 11.4 Å².